The molecule has 0 aliphatic carbocycles. The lowest BCUT2D eigenvalue weighted by atomic mass is 10.2. The second-order valence-corrected chi connectivity index (χ2v) is 5.44. The quantitative estimate of drug-likeness (QED) is 0.681. The zero-order valence-electron chi connectivity index (χ0n) is 13.5. The monoisotopic (exact) mass is 379 g/mol. The van der Waals surface area contributed by atoms with Gasteiger partial charge in [-0.2, -0.15) is 13.2 Å². The van der Waals surface area contributed by atoms with Crippen molar-refractivity contribution < 1.29 is 22.7 Å². The highest BCUT2D eigenvalue weighted by Gasteiger charge is 2.33. The highest BCUT2D eigenvalue weighted by molar-refractivity contribution is 5.84. The Morgan fingerprint density at radius 3 is 2.59 bits per heavy atom. The largest absolute Gasteiger partial charge is 0.494 e. The first-order valence-corrected chi connectivity index (χ1v) is 7.56. The average Bonchev–Trinajstić information content (AvgIpc) is 3.11. The number of hydrogen-bond acceptors (Lipinski definition) is 5. The molecular weight excluding hydrogens is 367 g/mol. The second kappa shape index (κ2) is 6.98. The van der Waals surface area contributed by atoms with Gasteiger partial charge >= 0.3 is 11.9 Å². The summed E-state index contributed by atoms with van der Waals surface area (Å²) in [7, 11) is 0. The molecule has 2 heterocycles. The van der Waals surface area contributed by atoms with Crippen molar-refractivity contribution in [3.05, 3.63) is 80.4 Å². The first-order chi connectivity index (χ1) is 12.8. The summed E-state index contributed by atoms with van der Waals surface area (Å²) in [5.74, 6) is -0.418. The molecule has 0 amide bonds. The van der Waals surface area contributed by atoms with Gasteiger partial charge in [-0.05, 0) is 24.3 Å². The van der Waals surface area contributed by atoms with E-state index in [0.29, 0.717) is 5.76 Å². The summed E-state index contributed by atoms with van der Waals surface area (Å²) in [6, 6.07) is 7.63. The van der Waals surface area contributed by atoms with Crippen LogP contribution in [0.1, 0.15) is 16.9 Å². The molecule has 10 heteroatoms. The van der Waals surface area contributed by atoms with Crippen molar-refractivity contribution in [2.75, 3.05) is 0 Å². The maximum absolute atomic E-state index is 13.0. The van der Waals surface area contributed by atoms with E-state index in [1.165, 1.54) is 18.4 Å². The van der Waals surface area contributed by atoms with Crippen molar-refractivity contribution >= 4 is 11.9 Å². The standard InChI is InChI=1S/C17H12F3N3O4/c18-17(19,20)12-5-1-2-6-13(12)21-8-11-14(24)22-16(26)23(15(11)25)9-10-4-3-7-27-10/h1-8,25H,9H2,(H,22,24,26). The molecule has 0 radical (unpaired) electrons. The van der Waals surface area contributed by atoms with Crippen LogP contribution in [0, 0.1) is 0 Å². The number of aromatic nitrogens is 2. The Morgan fingerprint density at radius 1 is 1.19 bits per heavy atom. The Balaban J connectivity index is 2.05. The molecule has 1 aromatic carbocycles. The molecule has 2 aromatic heterocycles. The lowest BCUT2D eigenvalue weighted by Crippen LogP contribution is -2.32. The van der Waals surface area contributed by atoms with Crippen LogP contribution in [-0.2, 0) is 12.7 Å². The first-order valence-electron chi connectivity index (χ1n) is 7.56. The third-order valence-electron chi connectivity index (χ3n) is 3.64. The normalized spacial score (nSPS) is 12.0. The van der Waals surface area contributed by atoms with Crippen LogP contribution < -0.4 is 11.2 Å². The summed E-state index contributed by atoms with van der Waals surface area (Å²) >= 11 is 0. The van der Waals surface area contributed by atoms with Gasteiger partial charge in [-0.3, -0.25) is 19.3 Å². The van der Waals surface area contributed by atoms with E-state index in [1.54, 1.807) is 12.1 Å². The zero-order chi connectivity index (χ0) is 19.6. The Kier molecular flexibility index (Phi) is 4.72. The zero-order valence-corrected chi connectivity index (χ0v) is 13.5. The fourth-order valence-corrected chi connectivity index (χ4v) is 2.36. The molecule has 3 rings (SSSR count). The van der Waals surface area contributed by atoms with Crippen LogP contribution in [0.2, 0.25) is 0 Å². The van der Waals surface area contributed by atoms with Gasteiger partial charge in [0.15, 0.2) is 0 Å². The van der Waals surface area contributed by atoms with Gasteiger partial charge < -0.3 is 9.52 Å². The Hall–Kier alpha value is -3.56. The van der Waals surface area contributed by atoms with Crippen LogP contribution in [-0.4, -0.2) is 20.9 Å². The fraction of sp³-hybridized carbons (Fsp3) is 0.118. The fourth-order valence-electron chi connectivity index (χ4n) is 2.36. The second-order valence-electron chi connectivity index (χ2n) is 5.44. The maximum atomic E-state index is 13.0. The predicted octanol–water partition coefficient (Wildman–Crippen LogP) is 2.65. The van der Waals surface area contributed by atoms with E-state index in [4.69, 9.17) is 4.42 Å². The first kappa shape index (κ1) is 18.2. The summed E-state index contributed by atoms with van der Waals surface area (Å²) in [5.41, 5.74) is -3.78. The van der Waals surface area contributed by atoms with Gasteiger partial charge in [-0.25, -0.2) is 4.79 Å². The molecule has 0 unspecified atom stereocenters. The molecule has 0 saturated carbocycles. The summed E-state index contributed by atoms with van der Waals surface area (Å²) in [6.07, 6.45) is -2.50. The van der Waals surface area contributed by atoms with Crippen LogP contribution in [0.15, 0.2) is 61.7 Å². The lowest BCUT2D eigenvalue weighted by Gasteiger charge is -2.10. The third-order valence-corrected chi connectivity index (χ3v) is 3.64. The summed E-state index contributed by atoms with van der Waals surface area (Å²) in [5, 5.41) is 10.2. The van der Waals surface area contributed by atoms with Crippen LogP contribution in [0.4, 0.5) is 18.9 Å². The minimum absolute atomic E-state index is 0.186. The minimum Gasteiger partial charge on any atom is -0.494 e. The number of nitrogens with one attached hydrogen (secondary N) is 1. The Bertz CT molecular complexity index is 1100. The number of aliphatic imine (C=N–C) groups is 1. The van der Waals surface area contributed by atoms with Crippen LogP contribution in [0.5, 0.6) is 5.88 Å². The number of H-pyrrole nitrogens is 1. The molecule has 3 aromatic rings. The van der Waals surface area contributed by atoms with Crippen molar-refractivity contribution in [3.8, 4) is 5.88 Å². The molecule has 0 spiro atoms. The summed E-state index contributed by atoms with van der Waals surface area (Å²) in [4.78, 5) is 29.5. The number of hydrogen-bond donors (Lipinski definition) is 2. The molecule has 140 valence electrons. The molecule has 0 saturated heterocycles. The van der Waals surface area contributed by atoms with Crippen molar-refractivity contribution in [3.63, 3.8) is 0 Å². The molecule has 0 fully saturated rings. The van der Waals surface area contributed by atoms with E-state index in [1.807, 2.05) is 4.98 Å². The summed E-state index contributed by atoms with van der Waals surface area (Å²) < 4.78 is 44.9. The van der Waals surface area contributed by atoms with Crippen LogP contribution in [0.25, 0.3) is 0 Å². The van der Waals surface area contributed by atoms with Crippen molar-refractivity contribution in [1.29, 1.82) is 0 Å². The van der Waals surface area contributed by atoms with E-state index in [2.05, 4.69) is 4.99 Å². The van der Waals surface area contributed by atoms with E-state index >= 15 is 0 Å². The predicted molar refractivity (Wildman–Crippen MR) is 89.5 cm³/mol. The smallest absolute Gasteiger partial charge is 0.418 e. The van der Waals surface area contributed by atoms with Gasteiger partial charge in [0.25, 0.3) is 5.56 Å². The highest BCUT2D eigenvalue weighted by atomic mass is 19.4. The van der Waals surface area contributed by atoms with E-state index in [-0.39, 0.29) is 6.54 Å². The van der Waals surface area contributed by atoms with Gasteiger partial charge in [0, 0.05) is 6.21 Å². The van der Waals surface area contributed by atoms with Crippen molar-refractivity contribution in [2.45, 2.75) is 12.7 Å². The van der Waals surface area contributed by atoms with Crippen LogP contribution in [0.3, 0.4) is 0 Å². The van der Waals surface area contributed by atoms with Gasteiger partial charge in [-0.15, -0.1) is 0 Å². The SMILES string of the molecule is O=c1[nH]c(=O)n(Cc2ccco2)c(O)c1C=Nc1ccccc1C(F)(F)F. The Labute approximate surface area is 149 Å². The number of para-hydroxylation sites is 1. The molecule has 2 N–H and O–H groups in total. The Morgan fingerprint density at radius 2 is 1.93 bits per heavy atom. The number of aromatic hydroxyl groups is 1. The molecule has 0 bridgehead atoms. The molecular formula is C17H12F3N3O4. The number of alkyl halides is 3. The minimum atomic E-state index is -4.64. The van der Waals surface area contributed by atoms with Gasteiger partial charge in [-0.1, -0.05) is 12.1 Å². The van der Waals surface area contributed by atoms with Gasteiger partial charge in [0.2, 0.25) is 5.88 Å². The topological polar surface area (TPSA) is 101 Å². The van der Waals surface area contributed by atoms with Crippen LogP contribution >= 0.6 is 0 Å². The van der Waals surface area contributed by atoms with Gasteiger partial charge in [0.1, 0.15) is 11.3 Å². The third kappa shape index (κ3) is 3.84. The maximum Gasteiger partial charge on any atom is 0.418 e. The number of rotatable bonds is 4. The van der Waals surface area contributed by atoms with E-state index < -0.39 is 40.1 Å². The highest BCUT2D eigenvalue weighted by Crippen LogP contribution is 2.35. The molecule has 0 aliphatic heterocycles. The van der Waals surface area contributed by atoms with E-state index in [0.717, 1.165) is 22.9 Å². The van der Waals surface area contributed by atoms with Crippen molar-refractivity contribution in [1.82, 2.24) is 9.55 Å². The number of aromatic amines is 1. The molecule has 27 heavy (non-hydrogen) atoms. The van der Waals surface area contributed by atoms with E-state index in [9.17, 15) is 27.9 Å². The number of benzene rings is 1. The molecule has 7 nitrogen and oxygen atoms in total. The number of furan rings is 1. The van der Waals surface area contributed by atoms with Crippen molar-refractivity contribution in [2.24, 2.45) is 4.99 Å². The lowest BCUT2D eigenvalue weighted by molar-refractivity contribution is -0.137. The molecule has 0 aliphatic rings. The number of halogens is 3. The average molecular weight is 379 g/mol. The number of nitrogens with zero attached hydrogens (tertiary/aromatic N) is 2. The molecule has 0 atom stereocenters. The summed E-state index contributed by atoms with van der Waals surface area (Å²) in [6.45, 7) is -0.186. The van der Waals surface area contributed by atoms with Gasteiger partial charge in [0.05, 0.1) is 24.1 Å².